The third-order valence-corrected chi connectivity index (χ3v) is 5.55. The summed E-state index contributed by atoms with van der Waals surface area (Å²) in [6.45, 7) is 1.86. The van der Waals surface area contributed by atoms with Crippen molar-refractivity contribution in [3.8, 4) is 11.3 Å². The maximum atomic E-state index is 13.0. The molecule has 10 heteroatoms. The van der Waals surface area contributed by atoms with Crippen LogP contribution >= 0.6 is 0 Å². The SMILES string of the molecule is Cc1ccc(C(=O)Nc2cccc(C(F)(F)F)c2)cc1Nc1nc(-c2ccncc2)c2[nH]ccc2n1. The van der Waals surface area contributed by atoms with Gasteiger partial charge in [-0.25, -0.2) is 9.97 Å². The molecule has 5 aromatic rings. The fraction of sp³-hybridized carbons (Fsp3) is 0.0769. The summed E-state index contributed by atoms with van der Waals surface area (Å²) < 4.78 is 39.0. The molecule has 3 aromatic heterocycles. The number of carbonyl (C=O) groups excluding carboxylic acids is 1. The van der Waals surface area contributed by atoms with Gasteiger partial charge in [0.05, 0.1) is 16.6 Å². The Morgan fingerprint density at radius 1 is 0.972 bits per heavy atom. The molecule has 2 aromatic carbocycles. The highest BCUT2D eigenvalue weighted by Gasteiger charge is 2.30. The van der Waals surface area contributed by atoms with Gasteiger partial charge in [0.25, 0.3) is 5.91 Å². The Hall–Kier alpha value is -4.73. The first-order chi connectivity index (χ1) is 17.3. The number of aromatic nitrogens is 4. The molecule has 0 aliphatic carbocycles. The van der Waals surface area contributed by atoms with Crippen molar-refractivity contribution in [2.45, 2.75) is 13.1 Å². The van der Waals surface area contributed by atoms with Gasteiger partial charge in [-0.15, -0.1) is 0 Å². The second-order valence-electron chi connectivity index (χ2n) is 8.06. The largest absolute Gasteiger partial charge is 0.416 e. The molecule has 0 bridgehead atoms. The average Bonchev–Trinajstić information content (AvgIpc) is 3.34. The smallest absolute Gasteiger partial charge is 0.358 e. The fourth-order valence-corrected chi connectivity index (χ4v) is 3.71. The normalized spacial score (nSPS) is 11.4. The number of nitrogens with one attached hydrogen (secondary N) is 3. The summed E-state index contributed by atoms with van der Waals surface area (Å²) in [5, 5.41) is 5.70. The van der Waals surface area contributed by atoms with Crippen molar-refractivity contribution < 1.29 is 18.0 Å². The second-order valence-corrected chi connectivity index (χ2v) is 8.06. The number of aryl methyl sites for hydroxylation is 1. The van der Waals surface area contributed by atoms with E-state index in [2.05, 4.69) is 30.6 Å². The molecule has 7 nitrogen and oxygen atoms in total. The Morgan fingerprint density at radius 3 is 2.56 bits per heavy atom. The highest BCUT2D eigenvalue weighted by Crippen LogP contribution is 2.31. The standard InChI is InChI=1S/C26H19F3N6O/c1-15-5-6-17(24(36)32-19-4-2-3-18(14-19)26(27,28)29)13-21(15)34-25-33-20-9-12-31-23(20)22(35-25)16-7-10-30-11-8-16/h2-14,31H,1H3,(H,32,36)(H,33,34,35). The van der Waals surface area contributed by atoms with Crippen LogP contribution in [0.15, 0.2) is 79.3 Å². The zero-order chi connectivity index (χ0) is 25.3. The van der Waals surface area contributed by atoms with Gasteiger partial charge >= 0.3 is 6.18 Å². The number of H-pyrrole nitrogens is 1. The molecule has 0 radical (unpaired) electrons. The lowest BCUT2D eigenvalue weighted by Gasteiger charge is -2.13. The van der Waals surface area contributed by atoms with Crippen LogP contribution in [0.5, 0.6) is 0 Å². The summed E-state index contributed by atoms with van der Waals surface area (Å²) in [6.07, 6.45) is 0.626. The van der Waals surface area contributed by atoms with Crippen LogP contribution in [0.1, 0.15) is 21.5 Å². The Kier molecular flexibility index (Phi) is 5.85. The Labute approximate surface area is 203 Å². The molecule has 1 amide bonds. The molecule has 0 unspecified atom stereocenters. The summed E-state index contributed by atoms with van der Waals surface area (Å²) in [7, 11) is 0. The first-order valence-corrected chi connectivity index (χ1v) is 10.9. The number of amides is 1. The molecule has 3 heterocycles. The average molecular weight is 488 g/mol. The number of fused-ring (bicyclic) bond motifs is 1. The molecule has 0 spiro atoms. The van der Waals surface area contributed by atoms with E-state index in [1.54, 1.807) is 36.8 Å². The van der Waals surface area contributed by atoms with Gasteiger partial charge in [0.15, 0.2) is 0 Å². The molecule has 0 atom stereocenters. The summed E-state index contributed by atoms with van der Waals surface area (Å²) in [6, 6.07) is 15.0. The number of pyridine rings is 1. The fourth-order valence-electron chi connectivity index (χ4n) is 3.71. The molecule has 3 N–H and O–H groups in total. The van der Waals surface area contributed by atoms with E-state index >= 15 is 0 Å². The maximum absolute atomic E-state index is 13.0. The topological polar surface area (TPSA) is 95.6 Å². The van der Waals surface area contributed by atoms with Crippen molar-refractivity contribution in [1.29, 1.82) is 0 Å². The van der Waals surface area contributed by atoms with E-state index in [-0.39, 0.29) is 11.3 Å². The molecule has 0 aliphatic heterocycles. The highest BCUT2D eigenvalue weighted by molar-refractivity contribution is 6.05. The summed E-state index contributed by atoms with van der Waals surface area (Å²) in [5.74, 6) is -0.218. The van der Waals surface area contributed by atoms with Gasteiger partial charge in [0.1, 0.15) is 5.69 Å². The van der Waals surface area contributed by atoms with Crippen LogP contribution < -0.4 is 10.6 Å². The molecule has 5 rings (SSSR count). The van der Waals surface area contributed by atoms with E-state index in [0.29, 0.717) is 22.8 Å². The Bertz CT molecular complexity index is 1560. The number of hydrogen-bond donors (Lipinski definition) is 3. The molecular formula is C26H19F3N6O. The highest BCUT2D eigenvalue weighted by atomic mass is 19.4. The maximum Gasteiger partial charge on any atom is 0.416 e. The minimum atomic E-state index is -4.50. The van der Waals surface area contributed by atoms with Crippen LogP contribution in [0, 0.1) is 6.92 Å². The number of carbonyl (C=O) groups is 1. The molecule has 0 fully saturated rings. The van der Waals surface area contributed by atoms with Gasteiger partial charge in [-0.2, -0.15) is 13.2 Å². The van der Waals surface area contributed by atoms with Gasteiger partial charge in [-0.05, 0) is 61.0 Å². The number of halogens is 3. The van der Waals surface area contributed by atoms with Crippen molar-refractivity contribution in [1.82, 2.24) is 19.9 Å². The van der Waals surface area contributed by atoms with Crippen LogP contribution in [0.4, 0.5) is 30.5 Å². The first-order valence-electron chi connectivity index (χ1n) is 10.9. The number of nitrogens with zero attached hydrogens (tertiary/aromatic N) is 3. The third kappa shape index (κ3) is 4.74. The van der Waals surface area contributed by atoms with E-state index < -0.39 is 17.6 Å². The summed E-state index contributed by atoms with van der Waals surface area (Å²) in [4.78, 5) is 29.2. The lowest BCUT2D eigenvalue weighted by Crippen LogP contribution is -2.13. The van der Waals surface area contributed by atoms with Crippen LogP contribution in [0.25, 0.3) is 22.3 Å². The minimum Gasteiger partial charge on any atom is -0.358 e. The predicted octanol–water partition coefficient (Wildman–Crippen LogP) is 6.34. The van der Waals surface area contributed by atoms with Gasteiger partial charge < -0.3 is 15.6 Å². The lowest BCUT2D eigenvalue weighted by molar-refractivity contribution is -0.137. The third-order valence-electron chi connectivity index (χ3n) is 5.55. The number of aromatic amines is 1. The van der Waals surface area contributed by atoms with Crippen molar-refractivity contribution in [3.05, 3.63) is 95.9 Å². The van der Waals surface area contributed by atoms with Crippen LogP contribution in [-0.2, 0) is 6.18 Å². The molecule has 0 saturated carbocycles. The second kappa shape index (κ2) is 9.14. The first kappa shape index (κ1) is 23.0. The van der Waals surface area contributed by atoms with Crippen LogP contribution in [-0.4, -0.2) is 25.8 Å². The summed E-state index contributed by atoms with van der Waals surface area (Å²) in [5.41, 5.74) is 3.91. The van der Waals surface area contributed by atoms with E-state index in [4.69, 9.17) is 0 Å². The van der Waals surface area contributed by atoms with E-state index in [9.17, 15) is 18.0 Å². The van der Waals surface area contributed by atoms with Crippen LogP contribution in [0.3, 0.4) is 0 Å². The van der Waals surface area contributed by atoms with E-state index in [0.717, 1.165) is 28.8 Å². The van der Waals surface area contributed by atoms with Gasteiger partial charge in [-0.1, -0.05) is 12.1 Å². The monoisotopic (exact) mass is 488 g/mol. The van der Waals surface area contributed by atoms with Gasteiger partial charge in [-0.3, -0.25) is 9.78 Å². The molecule has 180 valence electrons. The quantitative estimate of drug-likeness (QED) is 0.268. The number of hydrogen-bond acceptors (Lipinski definition) is 5. The molecule has 0 saturated heterocycles. The molecular weight excluding hydrogens is 469 g/mol. The van der Waals surface area contributed by atoms with Crippen molar-refractivity contribution >= 4 is 34.3 Å². The lowest BCUT2D eigenvalue weighted by atomic mass is 10.1. The van der Waals surface area contributed by atoms with Crippen molar-refractivity contribution in [2.75, 3.05) is 10.6 Å². The van der Waals surface area contributed by atoms with E-state index in [1.165, 1.54) is 12.1 Å². The predicted molar refractivity (Wildman–Crippen MR) is 131 cm³/mol. The van der Waals surface area contributed by atoms with E-state index in [1.807, 2.05) is 25.1 Å². The van der Waals surface area contributed by atoms with Crippen LogP contribution in [0.2, 0.25) is 0 Å². The molecule has 0 aliphatic rings. The minimum absolute atomic E-state index is 0.0492. The Morgan fingerprint density at radius 2 is 1.78 bits per heavy atom. The number of anilines is 3. The summed E-state index contributed by atoms with van der Waals surface area (Å²) >= 11 is 0. The number of rotatable bonds is 5. The van der Waals surface area contributed by atoms with Crippen molar-refractivity contribution in [2.24, 2.45) is 0 Å². The zero-order valence-corrected chi connectivity index (χ0v) is 18.9. The Balaban J connectivity index is 1.43. The number of alkyl halides is 3. The zero-order valence-electron chi connectivity index (χ0n) is 18.9. The van der Waals surface area contributed by atoms with Gasteiger partial charge in [0.2, 0.25) is 5.95 Å². The number of benzene rings is 2. The molecule has 36 heavy (non-hydrogen) atoms. The van der Waals surface area contributed by atoms with Gasteiger partial charge in [0, 0.05) is 41.1 Å². The van der Waals surface area contributed by atoms with Crippen molar-refractivity contribution in [3.63, 3.8) is 0 Å².